The topological polar surface area (TPSA) is 81.2 Å². The van der Waals surface area contributed by atoms with Gasteiger partial charge in [-0.15, -0.1) is 0 Å². The van der Waals surface area contributed by atoms with Crippen molar-refractivity contribution in [2.75, 3.05) is 6.54 Å². The summed E-state index contributed by atoms with van der Waals surface area (Å²) in [5.41, 5.74) is 2.09. The number of Topliss-reactive ketones (excluding diaryl/α,β-unsaturated/α-hetero) is 1. The minimum absolute atomic E-state index is 0.0898. The number of likely N-dealkylation sites (tertiary alicyclic amines) is 1. The smallest absolute Gasteiger partial charge is 0.259 e. The van der Waals surface area contributed by atoms with Crippen molar-refractivity contribution >= 4 is 22.7 Å². The van der Waals surface area contributed by atoms with Gasteiger partial charge in [0.2, 0.25) is 0 Å². The van der Waals surface area contributed by atoms with E-state index in [-0.39, 0.29) is 17.5 Å². The first-order valence-corrected chi connectivity index (χ1v) is 10.8. The van der Waals surface area contributed by atoms with Crippen molar-refractivity contribution in [1.82, 2.24) is 19.6 Å². The lowest BCUT2D eigenvalue weighted by molar-refractivity contribution is 0.0544. The molecule has 0 spiro atoms. The molecule has 1 fully saturated rings. The quantitative estimate of drug-likeness (QED) is 0.422. The molecule has 0 saturated carbocycles. The third-order valence-corrected chi connectivity index (χ3v) is 6.53. The number of rotatable bonds is 5. The molecule has 1 aliphatic heterocycles. The van der Waals surface area contributed by atoms with Crippen LogP contribution < -0.4 is 0 Å². The van der Waals surface area contributed by atoms with Crippen LogP contribution in [0.25, 0.3) is 11.0 Å². The molecule has 5 rings (SSSR count). The highest BCUT2D eigenvalue weighted by Gasteiger charge is 2.47. The molecule has 3 aromatic heterocycles. The van der Waals surface area contributed by atoms with Crippen LogP contribution in [-0.4, -0.2) is 37.8 Å². The number of hydrogen-bond donors (Lipinski definition) is 0. The van der Waals surface area contributed by atoms with Crippen molar-refractivity contribution in [3.05, 3.63) is 83.3 Å². The number of aromatic nitrogens is 3. The Morgan fingerprint density at radius 2 is 2.00 bits per heavy atom. The number of fused-ring (bicyclic) bond motifs is 1. The second-order valence-electron chi connectivity index (χ2n) is 8.50. The van der Waals surface area contributed by atoms with Gasteiger partial charge < -0.3 is 14.0 Å². The molecule has 1 amide bonds. The van der Waals surface area contributed by atoms with Gasteiger partial charge in [-0.25, -0.2) is 9.37 Å². The number of halogens is 1. The first kappa shape index (κ1) is 21.1. The molecular weight excluding hydrogens is 423 g/mol. The summed E-state index contributed by atoms with van der Waals surface area (Å²) in [6.45, 7) is 4.07. The van der Waals surface area contributed by atoms with E-state index in [9.17, 15) is 14.0 Å². The minimum atomic E-state index is -0.803. The number of hydrogen-bond acceptors (Lipinski definition) is 5. The van der Waals surface area contributed by atoms with E-state index >= 15 is 0 Å². The summed E-state index contributed by atoms with van der Waals surface area (Å²) in [6, 6.07) is 11.8. The van der Waals surface area contributed by atoms with Gasteiger partial charge in [0.25, 0.3) is 5.91 Å². The number of pyridine rings is 1. The fourth-order valence-corrected chi connectivity index (χ4v) is 4.93. The summed E-state index contributed by atoms with van der Waals surface area (Å²) >= 11 is 0. The van der Waals surface area contributed by atoms with E-state index < -0.39 is 5.54 Å². The van der Waals surface area contributed by atoms with Crippen LogP contribution in [-0.2, 0) is 12.1 Å². The van der Waals surface area contributed by atoms with Gasteiger partial charge in [0.1, 0.15) is 23.3 Å². The summed E-state index contributed by atoms with van der Waals surface area (Å²) in [5, 5.41) is 4.71. The van der Waals surface area contributed by atoms with E-state index in [1.54, 1.807) is 30.2 Å². The Bertz CT molecular complexity index is 1360. The van der Waals surface area contributed by atoms with Gasteiger partial charge in [-0.05, 0) is 55.7 Å². The second kappa shape index (κ2) is 7.95. The molecule has 1 unspecified atom stereocenters. The number of aryl methyl sites for hydroxylation is 1. The Hall–Kier alpha value is -3.81. The number of carbonyl (C=O) groups is 2. The number of ketones is 1. The fraction of sp³-hybridized carbons (Fsp3) is 0.280. The summed E-state index contributed by atoms with van der Waals surface area (Å²) in [7, 11) is 0. The van der Waals surface area contributed by atoms with Crippen molar-refractivity contribution in [3.8, 4) is 0 Å². The normalized spacial score (nSPS) is 18.2. The van der Waals surface area contributed by atoms with Crippen LogP contribution >= 0.6 is 0 Å². The summed E-state index contributed by atoms with van der Waals surface area (Å²) in [4.78, 5) is 32.5. The molecule has 0 bridgehead atoms. The summed E-state index contributed by atoms with van der Waals surface area (Å²) < 4.78 is 20.7. The molecule has 168 valence electrons. The maximum Gasteiger partial charge on any atom is 0.259 e. The van der Waals surface area contributed by atoms with Gasteiger partial charge in [-0.3, -0.25) is 9.59 Å². The van der Waals surface area contributed by atoms with E-state index in [1.807, 2.05) is 22.8 Å². The monoisotopic (exact) mass is 446 g/mol. The summed E-state index contributed by atoms with van der Waals surface area (Å²) in [5.74, 6) is -0.644. The average Bonchev–Trinajstić information content (AvgIpc) is 3.52. The van der Waals surface area contributed by atoms with Crippen LogP contribution in [0.15, 0.2) is 59.4 Å². The van der Waals surface area contributed by atoms with E-state index in [2.05, 4.69) is 10.1 Å². The molecule has 7 nitrogen and oxygen atoms in total. The molecular formula is C25H23FN4O3. The van der Waals surface area contributed by atoms with Crippen molar-refractivity contribution in [3.63, 3.8) is 0 Å². The Kier molecular flexibility index (Phi) is 5.08. The van der Waals surface area contributed by atoms with Crippen molar-refractivity contribution in [1.29, 1.82) is 0 Å². The molecule has 0 radical (unpaired) electrons. The molecule has 8 heteroatoms. The average molecular weight is 446 g/mol. The van der Waals surface area contributed by atoms with Gasteiger partial charge >= 0.3 is 0 Å². The maximum atomic E-state index is 13.8. The zero-order valence-electron chi connectivity index (χ0n) is 18.4. The number of benzene rings is 1. The fourth-order valence-electron chi connectivity index (χ4n) is 4.93. The standard InChI is InChI=1S/C25H23FN4O3/c1-16-21(14-33-28-16)24(32)30-12-4-10-25(30,19-6-8-20(26)9-7-19)15-29-22(17(2)31)13-18-5-3-11-27-23(18)29/h3,5-9,11,13-14H,4,10,12,15H2,1-2H3. The van der Waals surface area contributed by atoms with E-state index in [0.29, 0.717) is 42.1 Å². The predicted octanol–water partition coefficient (Wildman–Crippen LogP) is 4.51. The lowest BCUT2D eigenvalue weighted by Crippen LogP contribution is -2.48. The third-order valence-electron chi connectivity index (χ3n) is 6.53. The van der Waals surface area contributed by atoms with Crippen molar-refractivity contribution < 1.29 is 18.5 Å². The van der Waals surface area contributed by atoms with Crippen LogP contribution in [0, 0.1) is 12.7 Å². The Morgan fingerprint density at radius 3 is 2.70 bits per heavy atom. The lowest BCUT2D eigenvalue weighted by atomic mass is 9.86. The van der Waals surface area contributed by atoms with E-state index in [0.717, 1.165) is 17.4 Å². The predicted molar refractivity (Wildman–Crippen MR) is 119 cm³/mol. The summed E-state index contributed by atoms with van der Waals surface area (Å²) in [6.07, 6.45) is 4.46. The van der Waals surface area contributed by atoms with Crippen LogP contribution in [0.1, 0.15) is 51.9 Å². The molecule has 1 aliphatic rings. The lowest BCUT2D eigenvalue weighted by Gasteiger charge is -2.40. The molecule has 0 aliphatic carbocycles. The van der Waals surface area contributed by atoms with Crippen LogP contribution in [0.5, 0.6) is 0 Å². The van der Waals surface area contributed by atoms with Gasteiger partial charge in [-0.1, -0.05) is 17.3 Å². The largest absolute Gasteiger partial charge is 0.364 e. The maximum absolute atomic E-state index is 13.8. The van der Waals surface area contributed by atoms with Gasteiger partial charge in [0.15, 0.2) is 5.78 Å². The number of carbonyl (C=O) groups excluding carboxylic acids is 2. The molecule has 33 heavy (non-hydrogen) atoms. The second-order valence-corrected chi connectivity index (χ2v) is 8.50. The van der Waals surface area contributed by atoms with Crippen LogP contribution in [0.3, 0.4) is 0 Å². The van der Waals surface area contributed by atoms with Crippen LogP contribution in [0.4, 0.5) is 4.39 Å². The van der Waals surface area contributed by atoms with Crippen molar-refractivity contribution in [2.24, 2.45) is 0 Å². The Balaban J connectivity index is 1.70. The molecule has 4 heterocycles. The zero-order valence-corrected chi connectivity index (χ0v) is 18.4. The number of amides is 1. The highest BCUT2D eigenvalue weighted by atomic mass is 19.1. The molecule has 4 aromatic rings. The number of nitrogens with zero attached hydrogens (tertiary/aromatic N) is 4. The Labute approximate surface area is 189 Å². The van der Waals surface area contributed by atoms with Crippen LogP contribution in [0.2, 0.25) is 0 Å². The first-order chi connectivity index (χ1) is 15.9. The molecule has 0 N–H and O–H groups in total. The first-order valence-electron chi connectivity index (χ1n) is 10.8. The van der Waals surface area contributed by atoms with E-state index in [4.69, 9.17) is 4.52 Å². The minimum Gasteiger partial charge on any atom is -0.364 e. The SMILES string of the molecule is CC(=O)c1cc2cccnc2n1CC1(c2ccc(F)cc2)CCCN1C(=O)c1conc1C. The highest BCUT2D eigenvalue weighted by Crippen LogP contribution is 2.42. The highest BCUT2D eigenvalue weighted by molar-refractivity contribution is 5.98. The van der Waals surface area contributed by atoms with Gasteiger partial charge in [0, 0.05) is 25.1 Å². The molecule has 1 atom stereocenters. The molecule has 1 aromatic carbocycles. The van der Waals surface area contributed by atoms with Gasteiger partial charge in [-0.2, -0.15) is 0 Å². The Morgan fingerprint density at radius 1 is 1.21 bits per heavy atom. The van der Waals surface area contributed by atoms with E-state index in [1.165, 1.54) is 25.3 Å². The third kappa shape index (κ3) is 3.42. The zero-order chi connectivity index (χ0) is 23.2. The van der Waals surface area contributed by atoms with Crippen molar-refractivity contribution in [2.45, 2.75) is 38.8 Å². The molecule has 1 saturated heterocycles. The van der Waals surface area contributed by atoms with Gasteiger partial charge in [0.05, 0.1) is 23.5 Å².